The van der Waals surface area contributed by atoms with Crippen molar-refractivity contribution in [1.29, 1.82) is 0 Å². The van der Waals surface area contributed by atoms with Crippen LogP contribution in [0.4, 0.5) is 0 Å². The number of benzene rings is 3. The molecule has 0 amide bonds. The first-order chi connectivity index (χ1) is 14.6. The first-order valence-corrected chi connectivity index (χ1v) is 10.1. The summed E-state index contributed by atoms with van der Waals surface area (Å²) in [7, 11) is 1.38. The van der Waals surface area contributed by atoms with Gasteiger partial charge in [-0.1, -0.05) is 72.3 Å². The van der Waals surface area contributed by atoms with Crippen LogP contribution in [0.1, 0.15) is 23.0 Å². The monoisotopic (exact) mass is 420 g/mol. The number of rotatable bonds is 5. The molecule has 0 heterocycles. The Kier molecular flexibility index (Phi) is 5.86. The van der Waals surface area contributed by atoms with Gasteiger partial charge in [0.05, 0.1) is 18.9 Å². The summed E-state index contributed by atoms with van der Waals surface area (Å²) in [5.74, 6) is -1.93. The van der Waals surface area contributed by atoms with Crippen LogP contribution in [0.25, 0.3) is 0 Å². The van der Waals surface area contributed by atoms with Crippen molar-refractivity contribution >= 4 is 23.5 Å². The quantitative estimate of drug-likeness (QED) is 0.419. The summed E-state index contributed by atoms with van der Waals surface area (Å²) in [6, 6.07) is 25.8. The van der Waals surface area contributed by atoms with Crippen LogP contribution in [0.3, 0.4) is 0 Å². The molecule has 3 aromatic carbocycles. The Bertz CT molecular complexity index is 971. The normalized spacial score (nSPS) is 22.6. The predicted octanol–water partition coefficient (Wildman–Crippen LogP) is 5.23. The van der Waals surface area contributed by atoms with E-state index in [1.807, 2.05) is 60.7 Å². The molecule has 4 nitrogen and oxygen atoms in total. The van der Waals surface area contributed by atoms with Gasteiger partial charge in [0.1, 0.15) is 5.75 Å². The van der Waals surface area contributed by atoms with E-state index in [1.165, 1.54) is 7.11 Å². The molecule has 3 aromatic rings. The molecule has 152 valence electrons. The Labute approximate surface area is 180 Å². The molecule has 0 spiro atoms. The molecule has 0 aliphatic heterocycles. The fourth-order valence-corrected chi connectivity index (χ4v) is 4.46. The average molecular weight is 421 g/mol. The fraction of sp³-hybridized carbons (Fsp3) is 0.200. The highest BCUT2D eigenvalue weighted by Gasteiger charge is 2.59. The smallest absolute Gasteiger partial charge is 0.315 e. The van der Waals surface area contributed by atoms with Crippen molar-refractivity contribution in [2.24, 2.45) is 11.8 Å². The van der Waals surface area contributed by atoms with E-state index in [2.05, 4.69) is 0 Å². The van der Waals surface area contributed by atoms with Gasteiger partial charge in [0.2, 0.25) is 0 Å². The van der Waals surface area contributed by atoms with Crippen molar-refractivity contribution in [3.05, 3.63) is 101 Å². The van der Waals surface area contributed by atoms with Gasteiger partial charge in [0, 0.05) is 16.9 Å². The van der Waals surface area contributed by atoms with Crippen LogP contribution in [-0.2, 0) is 14.3 Å². The van der Waals surface area contributed by atoms with Gasteiger partial charge >= 0.3 is 11.9 Å². The molecule has 0 N–H and O–H groups in total. The molecular weight excluding hydrogens is 400 g/mol. The molecular formula is C25H21ClO4. The lowest BCUT2D eigenvalue weighted by Gasteiger charge is -2.49. The van der Waals surface area contributed by atoms with E-state index < -0.39 is 11.8 Å². The summed E-state index contributed by atoms with van der Waals surface area (Å²) >= 11 is 5.93. The van der Waals surface area contributed by atoms with E-state index in [0.29, 0.717) is 10.8 Å². The van der Waals surface area contributed by atoms with Crippen molar-refractivity contribution in [3.63, 3.8) is 0 Å². The minimum absolute atomic E-state index is 0.326. The maximum atomic E-state index is 13.3. The van der Waals surface area contributed by atoms with Gasteiger partial charge in [-0.05, 0) is 35.4 Å². The van der Waals surface area contributed by atoms with E-state index in [4.69, 9.17) is 21.1 Å². The highest BCUT2D eigenvalue weighted by Crippen LogP contribution is 2.58. The van der Waals surface area contributed by atoms with Gasteiger partial charge in [0.15, 0.2) is 0 Å². The summed E-state index contributed by atoms with van der Waals surface area (Å²) in [5.41, 5.74) is 1.83. The minimum Gasteiger partial charge on any atom is -0.469 e. The Morgan fingerprint density at radius 2 is 1.17 bits per heavy atom. The van der Waals surface area contributed by atoms with Crippen molar-refractivity contribution in [1.82, 2.24) is 0 Å². The second-order valence-electron chi connectivity index (χ2n) is 7.32. The van der Waals surface area contributed by atoms with Gasteiger partial charge in [0.25, 0.3) is 0 Å². The molecule has 1 aliphatic rings. The second kappa shape index (κ2) is 8.72. The molecule has 30 heavy (non-hydrogen) atoms. The van der Waals surface area contributed by atoms with Crippen molar-refractivity contribution in [2.75, 3.05) is 7.11 Å². The fourth-order valence-electron chi connectivity index (χ4n) is 4.34. The van der Waals surface area contributed by atoms with E-state index in [9.17, 15) is 9.59 Å². The molecule has 0 unspecified atom stereocenters. The maximum Gasteiger partial charge on any atom is 0.315 e. The molecule has 4 rings (SSSR count). The van der Waals surface area contributed by atoms with E-state index in [-0.39, 0.29) is 23.8 Å². The molecule has 1 aliphatic carbocycles. The van der Waals surface area contributed by atoms with Gasteiger partial charge < -0.3 is 9.47 Å². The van der Waals surface area contributed by atoms with Crippen LogP contribution < -0.4 is 4.74 Å². The molecule has 0 radical (unpaired) electrons. The van der Waals surface area contributed by atoms with Crippen molar-refractivity contribution in [2.45, 2.75) is 11.8 Å². The Balaban J connectivity index is 1.72. The lowest BCUT2D eigenvalue weighted by atomic mass is 9.52. The van der Waals surface area contributed by atoms with Crippen LogP contribution in [0.5, 0.6) is 5.75 Å². The number of methoxy groups -OCH3 is 1. The van der Waals surface area contributed by atoms with Crippen LogP contribution in [0.15, 0.2) is 84.9 Å². The molecule has 0 saturated heterocycles. The van der Waals surface area contributed by atoms with Gasteiger partial charge in [-0.25, -0.2) is 0 Å². The molecule has 5 heteroatoms. The number of ether oxygens (including phenoxy) is 2. The molecule has 1 fully saturated rings. The van der Waals surface area contributed by atoms with Gasteiger partial charge in [-0.15, -0.1) is 0 Å². The summed E-state index contributed by atoms with van der Waals surface area (Å²) in [5, 5.41) is 0.563. The lowest BCUT2D eigenvalue weighted by Crippen LogP contribution is -2.52. The van der Waals surface area contributed by atoms with Crippen LogP contribution in [0, 0.1) is 11.8 Å². The summed E-state index contributed by atoms with van der Waals surface area (Å²) in [6.45, 7) is 0. The topological polar surface area (TPSA) is 52.6 Å². The average Bonchev–Trinajstić information content (AvgIpc) is 2.76. The molecule has 1 saturated carbocycles. The maximum absolute atomic E-state index is 13.3. The highest BCUT2D eigenvalue weighted by molar-refractivity contribution is 6.30. The number of esters is 2. The van der Waals surface area contributed by atoms with Crippen molar-refractivity contribution < 1.29 is 19.1 Å². The van der Waals surface area contributed by atoms with Crippen LogP contribution in [-0.4, -0.2) is 19.0 Å². The van der Waals surface area contributed by atoms with Crippen LogP contribution in [0.2, 0.25) is 5.02 Å². The number of hydrogen-bond acceptors (Lipinski definition) is 4. The standard InChI is InChI=1S/C25H21ClO4/c1-29-24(27)22-20(16-8-4-2-5-9-16)23(21(22)17-10-6-3-7-11-17)25(28)30-19-14-12-18(26)13-15-19/h2-15,20-23H,1H3/t20-,21-,22?,23?/m1/s1. The first kappa shape index (κ1) is 20.2. The number of hydrogen-bond donors (Lipinski definition) is 0. The third-order valence-electron chi connectivity index (χ3n) is 5.69. The zero-order valence-electron chi connectivity index (χ0n) is 16.4. The summed E-state index contributed by atoms with van der Waals surface area (Å²) < 4.78 is 10.8. The number of carbonyl (C=O) groups is 2. The zero-order valence-corrected chi connectivity index (χ0v) is 17.2. The Hall–Kier alpha value is -3.11. The van der Waals surface area contributed by atoms with Crippen LogP contribution >= 0.6 is 11.6 Å². The Morgan fingerprint density at radius 1 is 0.700 bits per heavy atom. The van der Waals surface area contributed by atoms with E-state index >= 15 is 0 Å². The predicted molar refractivity (Wildman–Crippen MR) is 114 cm³/mol. The SMILES string of the molecule is COC(=O)C1[C@@H](c2ccccc2)C(C(=O)Oc2ccc(Cl)cc2)[C@@H]1c1ccccc1. The molecule has 0 bridgehead atoms. The zero-order chi connectivity index (χ0) is 21.1. The highest BCUT2D eigenvalue weighted by atomic mass is 35.5. The van der Waals surface area contributed by atoms with Crippen molar-refractivity contribution in [3.8, 4) is 5.75 Å². The third-order valence-corrected chi connectivity index (χ3v) is 5.95. The van der Waals surface area contributed by atoms with Gasteiger partial charge in [-0.3, -0.25) is 9.59 Å². The second-order valence-corrected chi connectivity index (χ2v) is 7.76. The Morgan fingerprint density at radius 3 is 1.63 bits per heavy atom. The molecule has 0 aromatic heterocycles. The number of carbonyl (C=O) groups excluding carboxylic acids is 2. The summed E-state index contributed by atoms with van der Waals surface area (Å²) in [6.07, 6.45) is 0. The van der Waals surface area contributed by atoms with Gasteiger partial charge in [-0.2, -0.15) is 0 Å². The van der Waals surface area contributed by atoms with E-state index in [0.717, 1.165) is 11.1 Å². The largest absolute Gasteiger partial charge is 0.469 e. The minimum atomic E-state index is -0.519. The molecule has 2 atom stereocenters. The lowest BCUT2D eigenvalue weighted by molar-refractivity contribution is -0.160. The first-order valence-electron chi connectivity index (χ1n) is 9.75. The third kappa shape index (κ3) is 3.83. The van der Waals surface area contributed by atoms with E-state index in [1.54, 1.807) is 24.3 Å². The summed E-state index contributed by atoms with van der Waals surface area (Å²) in [4.78, 5) is 26.0. The number of halogens is 1.